The number of aromatic nitrogens is 1. The van der Waals surface area contributed by atoms with E-state index in [-0.39, 0.29) is 6.04 Å². The number of nitrogens with zero attached hydrogens (tertiary/aromatic N) is 2. The van der Waals surface area contributed by atoms with Crippen molar-refractivity contribution in [3.63, 3.8) is 0 Å². The molecule has 0 aliphatic carbocycles. The number of rotatable bonds is 9. The van der Waals surface area contributed by atoms with Crippen LogP contribution in [-0.4, -0.2) is 32.4 Å². The Hall–Kier alpha value is -3.29. The number of methoxy groups -OCH3 is 1. The Morgan fingerprint density at radius 1 is 1.09 bits per heavy atom. The molecule has 1 atom stereocenters. The Morgan fingerprint density at radius 3 is 2.72 bits per heavy atom. The summed E-state index contributed by atoms with van der Waals surface area (Å²) in [7, 11) is 3.20. The number of pyridine rings is 1. The van der Waals surface area contributed by atoms with Gasteiger partial charge in [0.25, 0.3) is 0 Å². The van der Waals surface area contributed by atoms with Crippen LogP contribution in [0, 0.1) is 0 Å². The number of fused-ring (bicyclic) bond motifs is 1. The number of hydrogen-bond acceptors (Lipinski definition) is 7. The molecule has 32 heavy (non-hydrogen) atoms. The van der Waals surface area contributed by atoms with Gasteiger partial charge < -0.3 is 19.7 Å². The molecule has 3 aromatic rings. The summed E-state index contributed by atoms with van der Waals surface area (Å²) in [5.41, 5.74) is 4.37. The van der Waals surface area contributed by atoms with Gasteiger partial charge in [0.2, 0.25) is 0 Å². The molecular weight excluding hydrogens is 406 g/mol. The minimum absolute atomic E-state index is 0.0620. The predicted octanol–water partition coefficient (Wildman–Crippen LogP) is 4.74. The van der Waals surface area contributed by atoms with Crippen LogP contribution >= 0.6 is 0 Å². The van der Waals surface area contributed by atoms with Gasteiger partial charge in [0, 0.05) is 18.8 Å². The lowest BCUT2D eigenvalue weighted by Gasteiger charge is -2.33. The lowest BCUT2D eigenvalue weighted by Crippen LogP contribution is -2.33. The van der Waals surface area contributed by atoms with Gasteiger partial charge in [-0.3, -0.25) is 0 Å². The summed E-state index contributed by atoms with van der Waals surface area (Å²) in [4.78, 5) is 16.6. The second-order valence-corrected chi connectivity index (χ2v) is 7.66. The zero-order valence-electron chi connectivity index (χ0n) is 18.7. The first kappa shape index (κ1) is 21.9. The fraction of sp³-hybridized carbons (Fsp3) is 0.320. The fourth-order valence-electron chi connectivity index (χ4n) is 3.81. The van der Waals surface area contributed by atoms with Crippen molar-refractivity contribution in [2.24, 2.45) is 0 Å². The van der Waals surface area contributed by atoms with Gasteiger partial charge in [-0.05, 0) is 35.7 Å². The molecule has 0 saturated heterocycles. The molecule has 7 heteroatoms. The molecule has 0 radical (unpaired) electrons. The lowest BCUT2D eigenvalue weighted by molar-refractivity contribution is -0.282. The molecular formula is C25H29N3O4. The van der Waals surface area contributed by atoms with Crippen molar-refractivity contribution in [1.82, 2.24) is 4.98 Å². The van der Waals surface area contributed by atoms with E-state index in [4.69, 9.17) is 14.4 Å². The number of ether oxygens (including phenoxy) is 2. The summed E-state index contributed by atoms with van der Waals surface area (Å²) in [6.45, 7) is 4.71. The second kappa shape index (κ2) is 10.3. The maximum absolute atomic E-state index is 5.95. The zero-order chi connectivity index (χ0) is 22.3. The van der Waals surface area contributed by atoms with Crippen LogP contribution < -0.4 is 19.7 Å². The van der Waals surface area contributed by atoms with Crippen LogP contribution in [0.4, 0.5) is 11.5 Å². The third-order valence-corrected chi connectivity index (χ3v) is 5.51. The van der Waals surface area contributed by atoms with Crippen LogP contribution in [0.2, 0.25) is 0 Å². The van der Waals surface area contributed by atoms with E-state index in [0.717, 1.165) is 47.2 Å². The average Bonchev–Trinajstić information content (AvgIpc) is 2.83. The summed E-state index contributed by atoms with van der Waals surface area (Å²) >= 11 is 0. The van der Waals surface area contributed by atoms with Gasteiger partial charge in [-0.1, -0.05) is 36.4 Å². The molecule has 0 bridgehead atoms. The summed E-state index contributed by atoms with van der Waals surface area (Å²) in [5.74, 6) is 2.51. The Morgan fingerprint density at radius 2 is 1.94 bits per heavy atom. The molecule has 0 amide bonds. The minimum Gasteiger partial charge on any atom is -0.497 e. The summed E-state index contributed by atoms with van der Waals surface area (Å²) in [6, 6.07) is 18.4. The normalized spacial score (nSPS) is 13.8. The van der Waals surface area contributed by atoms with Crippen molar-refractivity contribution in [3.8, 4) is 11.5 Å². The van der Waals surface area contributed by atoms with Gasteiger partial charge in [0.15, 0.2) is 5.82 Å². The van der Waals surface area contributed by atoms with E-state index in [1.807, 2.05) is 30.3 Å². The Bertz CT molecular complexity index is 1030. The Balaban J connectivity index is 1.54. The SMILES string of the molecule is COOCc1ccc(C(C)Nc2nccc3c2N(Cc2cccc(OC)c2)CCO3)cc1. The molecule has 0 saturated carbocycles. The minimum atomic E-state index is 0.0620. The van der Waals surface area contributed by atoms with Gasteiger partial charge in [-0.15, -0.1) is 0 Å². The highest BCUT2D eigenvalue weighted by molar-refractivity contribution is 5.74. The molecule has 4 rings (SSSR count). The second-order valence-electron chi connectivity index (χ2n) is 7.66. The van der Waals surface area contributed by atoms with Gasteiger partial charge in [-0.25, -0.2) is 14.8 Å². The third kappa shape index (κ3) is 5.12. The highest BCUT2D eigenvalue weighted by atomic mass is 17.2. The standard InChI is InChI=1S/C25H29N3O4/c1-18(21-9-7-19(8-10-21)17-32-30-3)27-25-24-23(11-12-26-25)31-14-13-28(24)16-20-5-4-6-22(15-20)29-2/h4-12,15,18H,13-14,16-17H2,1-3H3,(H,26,27). The maximum Gasteiger partial charge on any atom is 0.153 e. The van der Waals surface area contributed by atoms with Crippen LogP contribution in [0.15, 0.2) is 60.8 Å². The zero-order valence-corrected chi connectivity index (χ0v) is 18.7. The van der Waals surface area contributed by atoms with E-state index < -0.39 is 0 Å². The number of nitrogens with one attached hydrogen (secondary N) is 1. The predicted molar refractivity (Wildman–Crippen MR) is 124 cm³/mol. The molecule has 7 nitrogen and oxygen atoms in total. The van der Waals surface area contributed by atoms with E-state index in [1.54, 1.807) is 13.3 Å². The van der Waals surface area contributed by atoms with E-state index in [1.165, 1.54) is 12.7 Å². The molecule has 0 fully saturated rings. The van der Waals surface area contributed by atoms with E-state index >= 15 is 0 Å². The van der Waals surface area contributed by atoms with Crippen molar-refractivity contribution >= 4 is 11.5 Å². The smallest absolute Gasteiger partial charge is 0.153 e. The van der Waals surface area contributed by atoms with E-state index in [9.17, 15) is 0 Å². The van der Waals surface area contributed by atoms with E-state index in [0.29, 0.717) is 13.2 Å². The van der Waals surface area contributed by atoms with Crippen LogP contribution in [0.25, 0.3) is 0 Å². The lowest BCUT2D eigenvalue weighted by atomic mass is 10.1. The quantitative estimate of drug-likeness (QED) is 0.385. The average molecular weight is 436 g/mol. The highest BCUT2D eigenvalue weighted by Gasteiger charge is 2.24. The first-order chi connectivity index (χ1) is 15.7. The van der Waals surface area contributed by atoms with Crippen molar-refractivity contribution < 1.29 is 19.2 Å². The number of anilines is 2. The Kier molecular flexibility index (Phi) is 7.09. The molecule has 1 unspecified atom stereocenters. The van der Waals surface area contributed by atoms with Gasteiger partial charge in [-0.2, -0.15) is 0 Å². The molecule has 1 N–H and O–H groups in total. The topological polar surface area (TPSA) is 65.1 Å². The largest absolute Gasteiger partial charge is 0.497 e. The van der Waals surface area contributed by atoms with Crippen molar-refractivity contribution in [2.45, 2.75) is 26.1 Å². The molecule has 1 aromatic heterocycles. The summed E-state index contributed by atoms with van der Waals surface area (Å²) < 4.78 is 11.3. The van der Waals surface area contributed by atoms with Crippen LogP contribution in [-0.2, 0) is 22.9 Å². The Labute approximate surface area is 188 Å². The van der Waals surface area contributed by atoms with Crippen molar-refractivity contribution in [2.75, 3.05) is 37.6 Å². The molecule has 168 valence electrons. The molecule has 0 spiro atoms. The summed E-state index contributed by atoms with van der Waals surface area (Å²) in [5, 5.41) is 3.57. The van der Waals surface area contributed by atoms with Crippen LogP contribution in [0.3, 0.4) is 0 Å². The van der Waals surface area contributed by atoms with Crippen molar-refractivity contribution in [3.05, 3.63) is 77.5 Å². The number of benzene rings is 2. The van der Waals surface area contributed by atoms with Crippen LogP contribution in [0.1, 0.15) is 29.7 Å². The maximum atomic E-state index is 5.95. The molecule has 2 heterocycles. The monoisotopic (exact) mass is 435 g/mol. The fourth-order valence-corrected chi connectivity index (χ4v) is 3.81. The van der Waals surface area contributed by atoms with Gasteiger partial charge >= 0.3 is 0 Å². The molecule has 1 aliphatic rings. The third-order valence-electron chi connectivity index (χ3n) is 5.51. The molecule has 1 aliphatic heterocycles. The highest BCUT2D eigenvalue weighted by Crippen LogP contribution is 2.39. The van der Waals surface area contributed by atoms with Crippen molar-refractivity contribution in [1.29, 1.82) is 0 Å². The van der Waals surface area contributed by atoms with Crippen LogP contribution in [0.5, 0.6) is 11.5 Å². The first-order valence-electron chi connectivity index (χ1n) is 10.7. The van der Waals surface area contributed by atoms with E-state index in [2.05, 4.69) is 51.3 Å². The molecule has 2 aromatic carbocycles. The van der Waals surface area contributed by atoms with Gasteiger partial charge in [0.1, 0.15) is 30.4 Å². The number of hydrogen-bond donors (Lipinski definition) is 1. The summed E-state index contributed by atoms with van der Waals surface area (Å²) in [6.07, 6.45) is 1.79. The van der Waals surface area contributed by atoms with Gasteiger partial charge in [0.05, 0.1) is 26.8 Å². The first-order valence-corrected chi connectivity index (χ1v) is 10.7.